The first kappa shape index (κ1) is 20.4. The number of para-hydroxylation sites is 1. The van der Waals surface area contributed by atoms with Crippen molar-refractivity contribution in [3.05, 3.63) is 71.9 Å². The second kappa shape index (κ2) is 9.26. The second-order valence-electron chi connectivity index (χ2n) is 8.03. The Morgan fingerprint density at radius 1 is 1.00 bits per heavy atom. The molecule has 0 N–H and O–H groups in total. The van der Waals surface area contributed by atoms with Crippen molar-refractivity contribution in [2.24, 2.45) is 0 Å². The molecule has 1 fully saturated rings. The molecule has 2 heterocycles. The van der Waals surface area contributed by atoms with Gasteiger partial charge >= 0.3 is 0 Å². The SMILES string of the molecule is CCCN(C)c1ccc(C(=O)N2CCN(Cc3cccc4cccnc34)CC2)cc1. The van der Waals surface area contributed by atoms with E-state index in [0.717, 1.165) is 62.5 Å². The zero-order valence-electron chi connectivity index (χ0n) is 17.9. The average Bonchev–Trinajstić information content (AvgIpc) is 2.80. The lowest BCUT2D eigenvalue weighted by Gasteiger charge is -2.35. The summed E-state index contributed by atoms with van der Waals surface area (Å²) in [4.78, 5) is 24.1. The number of rotatable bonds is 6. The lowest BCUT2D eigenvalue weighted by atomic mass is 10.1. The van der Waals surface area contributed by atoms with E-state index in [1.54, 1.807) is 0 Å². The van der Waals surface area contributed by atoms with Crippen molar-refractivity contribution in [1.29, 1.82) is 0 Å². The number of benzene rings is 2. The van der Waals surface area contributed by atoms with E-state index in [2.05, 4.69) is 53.0 Å². The summed E-state index contributed by atoms with van der Waals surface area (Å²) in [7, 11) is 2.09. The van der Waals surface area contributed by atoms with Crippen molar-refractivity contribution in [2.75, 3.05) is 44.7 Å². The first-order chi connectivity index (χ1) is 14.7. The maximum Gasteiger partial charge on any atom is 0.253 e. The summed E-state index contributed by atoms with van der Waals surface area (Å²) in [5.41, 5.74) is 4.25. The Morgan fingerprint density at radius 2 is 1.73 bits per heavy atom. The molecule has 1 aliphatic rings. The lowest BCUT2D eigenvalue weighted by Crippen LogP contribution is -2.48. The molecule has 4 rings (SSSR count). The molecule has 3 aromatic rings. The number of carbonyl (C=O) groups excluding carboxylic acids is 1. The van der Waals surface area contributed by atoms with Crippen molar-refractivity contribution in [3.8, 4) is 0 Å². The number of hydrogen-bond donors (Lipinski definition) is 0. The summed E-state index contributed by atoms with van der Waals surface area (Å²) in [5.74, 6) is 0.131. The second-order valence-corrected chi connectivity index (χ2v) is 8.03. The lowest BCUT2D eigenvalue weighted by molar-refractivity contribution is 0.0629. The molecule has 1 amide bonds. The van der Waals surface area contributed by atoms with E-state index >= 15 is 0 Å². The quantitative estimate of drug-likeness (QED) is 0.624. The molecular formula is C25H30N4O. The molecule has 0 bridgehead atoms. The van der Waals surface area contributed by atoms with Crippen LogP contribution in [0.4, 0.5) is 5.69 Å². The van der Waals surface area contributed by atoms with E-state index in [1.807, 2.05) is 41.4 Å². The Hall–Kier alpha value is -2.92. The average molecular weight is 403 g/mol. The summed E-state index contributed by atoms with van der Waals surface area (Å²) >= 11 is 0. The number of pyridine rings is 1. The standard InChI is InChI=1S/C25H30N4O/c1-3-14-27(2)23-11-9-21(10-12-23)25(30)29-17-15-28(16-18-29)19-22-7-4-6-20-8-5-13-26-24(20)22/h4-13H,3,14-19H2,1-2H3. The highest BCUT2D eigenvalue weighted by Crippen LogP contribution is 2.20. The molecule has 2 aromatic carbocycles. The first-order valence-corrected chi connectivity index (χ1v) is 10.8. The van der Waals surface area contributed by atoms with Gasteiger partial charge < -0.3 is 9.80 Å². The van der Waals surface area contributed by atoms with Gasteiger partial charge in [0.15, 0.2) is 0 Å². The van der Waals surface area contributed by atoms with Crippen LogP contribution >= 0.6 is 0 Å². The zero-order valence-corrected chi connectivity index (χ0v) is 17.9. The predicted octanol–water partition coefficient (Wildman–Crippen LogP) is 4.04. The number of nitrogens with zero attached hydrogens (tertiary/aromatic N) is 4. The first-order valence-electron chi connectivity index (χ1n) is 10.8. The molecule has 30 heavy (non-hydrogen) atoms. The largest absolute Gasteiger partial charge is 0.375 e. The van der Waals surface area contributed by atoms with Crippen LogP contribution in [0.3, 0.4) is 0 Å². The van der Waals surface area contributed by atoms with E-state index in [0.29, 0.717) is 0 Å². The van der Waals surface area contributed by atoms with Gasteiger partial charge in [0.05, 0.1) is 5.52 Å². The molecule has 1 aliphatic heterocycles. The number of anilines is 1. The molecular weight excluding hydrogens is 372 g/mol. The molecule has 156 valence electrons. The van der Waals surface area contributed by atoms with Crippen molar-refractivity contribution in [2.45, 2.75) is 19.9 Å². The van der Waals surface area contributed by atoms with Crippen LogP contribution in [0.5, 0.6) is 0 Å². The molecule has 0 aliphatic carbocycles. The highest BCUT2D eigenvalue weighted by atomic mass is 16.2. The molecule has 5 heteroatoms. The fourth-order valence-electron chi connectivity index (χ4n) is 4.15. The van der Waals surface area contributed by atoms with Gasteiger partial charge in [0.25, 0.3) is 5.91 Å². The Kier molecular flexibility index (Phi) is 6.29. The van der Waals surface area contributed by atoms with Crippen LogP contribution in [0.1, 0.15) is 29.3 Å². The number of hydrogen-bond acceptors (Lipinski definition) is 4. The van der Waals surface area contributed by atoms with Gasteiger partial charge in [-0.15, -0.1) is 0 Å². The molecule has 5 nitrogen and oxygen atoms in total. The minimum Gasteiger partial charge on any atom is -0.375 e. The highest BCUT2D eigenvalue weighted by Gasteiger charge is 2.22. The number of aromatic nitrogens is 1. The number of piperazine rings is 1. The Labute approximate surface area is 178 Å². The van der Waals surface area contributed by atoms with Gasteiger partial charge in [-0.1, -0.05) is 31.2 Å². The van der Waals surface area contributed by atoms with E-state index in [1.165, 1.54) is 10.9 Å². The van der Waals surface area contributed by atoms with Crippen LogP contribution in [-0.2, 0) is 6.54 Å². The summed E-state index contributed by atoms with van der Waals surface area (Å²) in [6, 6.07) is 18.5. The van der Waals surface area contributed by atoms with E-state index < -0.39 is 0 Å². The third-order valence-corrected chi connectivity index (χ3v) is 5.88. The molecule has 0 atom stereocenters. The van der Waals surface area contributed by atoms with Gasteiger partial charge in [-0.2, -0.15) is 0 Å². The normalized spacial score (nSPS) is 14.8. The maximum atomic E-state index is 12.9. The van der Waals surface area contributed by atoms with E-state index in [-0.39, 0.29) is 5.91 Å². The third-order valence-electron chi connectivity index (χ3n) is 5.88. The van der Waals surface area contributed by atoms with Gasteiger partial charge in [0.2, 0.25) is 0 Å². The molecule has 0 spiro atoms. The predicted molar refractivity (Wildman–Crippen MR) is 123 cm³/mol. The van der Waals surface area contributed by atoms with Gasteiger partial charge in [0.1, 0.15) is 0 Å². The molecule has 0 saturated carbocycles. The summed E-state index contributed by atoms with van der Waals surface area (Å²) in [5, 5.41) is 1.18. The van der Waals surface area contributed by atoms with Gasteiger partial charge in [-0.25, -0.2) is 0 Å². The van der Waals surface area contributed by atoms with Crippen molar-refractivity contribution in [1.82, 2.24) is 14.8 Å². The third kappa shape index (κ3) is 4.46. The van der Waals surface area contributed by atoms with Gasteiger partial charge in [-0.05, 0) is 42.3 Å². The van der Waals surface area contributed by atoms with Crippen LogP contribution in [0.2, 0.25) is 0 Å². The number of fused-ring (bicyclic) bond motifs is 1. The smallest absolute Gasteiger partial charge is 0.253 e. The monoisotopic (exact) mass is 402 g/mol. The summed E-state index contributed by atoms with van der Waals surface area (Å²) in [6.45, 7) is 7.34. The fourth-order valence-corrected chi connectivity index (χ4v) is 4.15. The minimum absolute atomic E-state index is 0.131. The van der Waals surface area contributed by atoms with Crippen LogP contribution in [0.25, 0.3) is 10.9 Å². The minimum atomic E-state index is 0.131. The van der Waals surface area contributed by atoms with Crippen molar-refractivity contribution in [3.63, 3.8) is 0 Å². The topological polar surface area (TPSA) is 39.7 Å². The van der Waals surface area contributed by atoms with E-state index in [9.17, 15) is 4.79 Å². The Bertz CT molecular complexity index is 988. The summed E-state index contributed by atoms with van der Waals surface area (Å²) in [6.07, 6.45) is 2.96. The number of amides is 1. The van der Waals surface area contributed by atoms with E-state index in [4.69, 9.17) is 0 Å². The van der Waals surface area contributed by atoms with Crippen LogP contribution in [0, 0.1) is 0 Å². The van der Waals surface area contributed by atoms with Crippen molar-refractivity contribution < 1.29 is 4.79 Å². The molecule has 1 saturated heterocycles. The zero-order chi connectivity index (χ0) is 20.9. The molecule has 0 radical (unpaired) electrons. The van der Waals surface area contributed by atoms with Crippen LogP contribution in [0.15, 0.2) is 60.8 Å². The number of carbonyl (C=O) groups is 1. The van der Waals surface area contributed by atoms with Gasteiger partial charge in [-0.3, -0.25) is 14.7 Å². The van der Waals surface area contributed by atoms with Crippen LogP contribution in [-0.4, -0.2) is 60.5 Å². The highest BCUT2D eigenvalue weighted by molar-refractivity contribution is 5.94. The Balaban J connectivity index is 1.35. The van der Waals surface area contributed by atoms with Crippen molar-refractivity contribution >= 4 is 22.5 Å². The van der Waals surface area contributed by atoms with Crippen LogP contribution < -0.4 is 4.90 Å². The summed E-state index contributed by atoms with van der Waals surface area (Å²) < 4.78 is 0. The molecule has 0 unspecified atom stereocenters. The maximum absolute atomic E-state index is 12.9. The molecule has 1 aromatic heterocycles. The van der Waals surface area contributed by atoms with Gasteiger partial charge in [0, 0.05) is 69.2 Å². The fraction of sp³-hybridized carbons (Fsp3) is 0.360. The Morgan fingerprint density at radius 3 is 2.47 bits per heavy atom.